The van der Waals surface area contributed by atoms with Crippen molar-refractivity contribution in [2.45, 2.75) is 64.6 Å². The summed E-state index contributed by atoms with van der Waals surface area (Å²) in [6.07, 6.45) is 5.18. The minimum absolute atomic E-state index is 0.0990. The summed E-state index contributed by atoms with van der Waals surface area (Å²) >= 11 is 6.92. The number of ether oxygens (including phenoxy) is 3. The lowest BCUT2D eigenvalue weighted by molar-refractivity contribution is -0.151. The molecule has 0 spiro atoms. The van der Waals surface area contributed by atoms with E-state index in [9.17, 15) is 4.79 Å². The maximum absolute atomic E-state index is 12.7. The van der Waals surface area contributed by atoms with Crippen LogP contribution in [0.4, 0.5) is 0 Å². The molecule has 0 aliphatic heterocycles. The van der Waals surface area contributed by atoms with Gasteiger partial charge in [-0.3, -0.25) is 4.79 Å². The van der Waals surface area contributed by atoms with Gasteiger partial charge in [-0.2, -0.15) is 0 Å². The summed E-state index contributed by atoms with van der Waals surface area (Å²) < 4.78 is 21.0. The minimum atomic E-state index is -0.277. The normalized spacial score (nSPS) is 14.9. The zero-order valence-electron chi connectivity index (χ0n) is 19.6. The number of rotatable bonds is 12. The van der Waals surface area contributed by atoms with Crippen molar-refractivity contribution in [3.05, 3.63) is 52.7 Å². The van der Waals surface area contributed by atoms with Gasteiger partial charge in [-0.05, 0) is 136 Å². The minimum Gasteiger partial charge on any atom is -0.490 e. The molecule has 1 fully saturated rings. The molecule has 0 unspecified atom stereocenters. The Bertz CT molecular complexity index is 907. The SMILES string of the molecule is CC(C)C[C@H](NCc1ccc(OCCOc2c(I)cc(I)cc2I)cc1)C(=O)OC1CCCC1. The third-order valence-corrected chi connectivity index (χ3v) is 7.84. The first-order valence-corrected chi connectivity index (χ1v) is 15.0. The molecule has 186 valence electrons. The van der Waals surface area contributed by atoms with Crippen LogP contribution in [0.3, 0.4) is 0 Å². The highest BCUT2D eigenvalue weighted by molar-refractivity contribution is 14.1. The van der Waals surface area contributed by atoms with Crippen molar-refractivity contribution in [3.63, 3.8) is 0 Å². The first kappa shape index (κ1) is 28.2. The van der Waals surface area contributed by atoms with Gasteiger partial charge in [0.05, 0.1) is 7.14 Å². The Hall–Kier alpha value is -0.340. The van der Waals surface area contributed by atoms with E-state index < -0.39 is 0 Å². The molecule has 2 aromatic carbocycles. The second-order valence-corrected chi connectivity index (χ2v) is 12.5. The van der Waals surface area contributed by atoms with Gasteiger partial charge in [0.15, 0.2) is 0 Å². The Kier molecular flexibility index (Phi) is 12.0. The van der Waals surface area contributed by atoms with Crippen molar-refractivity contribution in [2.75, 3.05) is 13.2 Å². The molecule has 0 amide bonds. The lowest BCUT2D eigenvalue weighted by Gasteiger charge is -2.22. The van der Waals surface area contributed by atoms with Gasteiger partial charge in [0.1, 0.15) is 36.9 Å². The average molecular weight is 803 g/mol. The van der Waals surface area contributed by atoms with Gasteiger partial charge in [0.2, 0.25) is 0 Å². The predicted molar refractivity (Wildman–Crippen MR) is 160 cm³/mol. The van der Waals surface area contributed by atoms with Crippen molar-refractivity contribution in [3.8, 4) is 11.5 Å². The van der Waals surface area contributed by atoms with Crippen LogP contribution in [0.1, 0.15) is 51.5 Å². The fourth-order valence-corrected chi connectivity index (χ4v) is 7.80. The maximum atomic E-state index is 12.7. The Balaban J connectivity index is 1.44. The second-order valence-electron chi connectivity index (χ2n) is 8.95. The van der Waals surface area contributed by atoms with E-state index in [-0.39, 0.29) is 18.1 Å². The smallest absolute Gasteiger partial charge is 0.323 e. The van der Waals surface area contributed by atoms with E-state index in [1.165, 1.54) is 3.57 Å². The number of nitrogens with one attached hydrogen (secondary N) is 1. The number of carbonyl (C=O) groups is 1. The maximum Gasteiger partial charge on any atom is 0.323 e. The predicted octanol–water partition coefficient (Wildman–Crippen LogP) is 6.95. The molecular formula is C26H32I3NO4. The molecule has 2 aromatic rings. The largest absolute Gasteiger partial charge is 0.490 e. The van der Waals surface area contributed by atoms with Gasteiger partial charge in [0.25, 0.3) is 0 Å². The van der Waals surface area contributed by atoms with Gasteiger partial charge >= 0.3 is 5.97 Å². The molecule has 8 heteroatoms. The van der Waals surface area contributed by atoms with E-state index in [1.807, 2.05) is 24.3 Å². The molecule has 1 atom stereocenters. The zero-order chi connectivity index (χ0) is 24.5. The Morgan fingerprint density at radius 3 is 2.24 bits per heavy atom. The summed E-state index contributed by atoms with van der Waals surface area (Å²) in [5.41, 5.74) is 1.11. The van der Waals surface area contributed by atoms with E-state index in [2.05, 4.69) is 99.1 Å². The summed E-state index contributed by atoms with van der Waals surface area (Å²) in [6, 6.07) is 11.9. The summed E-state index contributed by atoms with van der Waals surface area (Å²) in [6.45, 7) is 5.83. The van der Waals surface area contributed by atoms with Crippen LogP contribution in [0.15, 0.2) is 36.4 Å². The molecule has 0 radical (unpaired) electrons. The van der Waals surface area contributed by atoms with Gasteiger partial charge in [-0.15, -0.1) is 0 Å². The lowest BCUT2D eigenvalue weighted by atomic mass is 10.0. The molecule has 0 bridgehead atoms. The third-order valence-electron chi connectivity index (χ3n) is 5.61. The van der Waals surface area contributed by atoms with Crippen LogP contribution in [-0.4, -0.2) is 31.3 Å². The van der Waals surface area contributed by atoms with Crippen molar-refractivity contribution >= 4 is 73.7 Å². The molecule has 1 saturated carbocycles. The van der Waals surface area contributed by atoms with Crippen molar-refractivity contribution in [2.24, 2.45) is 5.92 Å². The van der Waals surface area contributed by atoms with E-state index >= 15 is 0 Å². The first-order valence-electron chi connectivity index (χ1n) is 11.7. The lowest BCUT2D eigenvalue weighted by Crippen LogP contribution is -2.40. The van der Waals surface area contributed by atoms with E-state index in [0.717, 1.165) is 56.3 Å². The van der Waals surface area contributed by atoms with Crippen molar-refractivity contribution in [1.82, 2.24) is 5.32 Å². The van der Waals surface area contributed by atoms with Crippen molar-refractivity contribution in [1.29, 1.82) is 0 Å². The monoisotopic (exact) mass is 803 g/mol. The fourth-order valence-electron chi connectivity index (χ4n) is 3.90. The van der Waals surface area contributed by atoms with E-state index in [4.69, 9.17) is 14.2 Å². The highest BCUT2D eigenvalue weighted by Gasteiger charge is 2.26. The van der Waals surface area contributed by atoms with Gasteiger partial charge in [0, 0.05) is 10.1 Å². The molecule has 5 nitrogen and oxygen atoms in total. The van der Waals surface area contributed by atoms with Crippen LogP contribution >= 0.6 is 67.8 Å². The Labute approximate surface area is 243 Å². The molecule has 1 aliphatic rings. The van der Waals surface area contributed by atoms with Crippen LogP contribution in [0.25, 0.3) is 0 Å². The topological polar surface area (TPSA) is 56.8 Å². The molecule has 3 rings (SSSR count). The second kappa shape index (κ2) is 14.4. The first-order chi connectivity index (χ1) is 16.3. The van der Waals surface area contributed by atoms with Crippen LogP contribution in [0.2, 0.25) is 0 Å². The quantitative estimate of drug-likeness (QED) is 0.143. The van der Waals surface area contributed by atoms with Gasteiger partial charge in [-0.25, -0.2) is 0 Å². The zero-order valence-corrected chi connectivity index (χ0v) is 26.1. The third kappa shape index (κ3) is 9.27. The number of hydrogen-bond donors (Lipinski definition) is 1. The van der Waals surface area contributed by atoms with Gasteiger partial charge < -0.3 is 19.5 Å². The molecule has 1 aliphatic carbocycles. The summed E-state index contributed by atoms with van der Waals surface area (Å²) in [7, 11) is 0. The van der Waals surface area contributed by atoms with Crippen LogP contribution < -0.4 is 14.8 Å². The number of carbonyl (C=O) groups excluding carboxylic acids is 1. The van der Waals surface area contributed by atoms with E-state index in [0.29, 0.717) is 25.7 Å². The summed E-state index contributed by atoms with van der Waals surface area (Å²) in [5.74, 6) is 2.02. The summed E-state index contributed by atoms with van der Waals surface area (Å²) in [5, 5.41) is 3.41. The molecule has 0 heterocycles. The fraction of sp³-hybridized carbons (Fsp3) is 0.500. The molecule has 1 N–H and O–H groups in total. The highest BCUT2D eigenvalue weighted by Crippen LogP contribution is 2.29. The Morgan fingerprint density at radius 1 is 1.00 bits per heavy atom. The molecular weight excluding hydrogens is 771 g/mol. The standard InChI is InChI=1S/C26H32I3NO4/c1-17(2)13-24(26(31)34-21-5-3-4-6-21)30-16-18-7-9-20(10-8-18)32-11-12-33-25-22(28)14-19(27)15-23(25)29/h7-10,14-15,17,21,24,30H,3-6,11-13,16H2,1-2H3/t24-/m0/s1. The number of esters is 1. The van der Waals surface area contributed by atoms with E-state index in [1.54, 1.807) is 0 Å². The number of benzene rings is 2. The van der Waals surface area contributed by atoms with Crippen molar-refractivity contribution < 1.29 is 19.0 Å². The summed E-state index contributed by atoms with van der Waals surface area (Å²) in [4.78, 5) is 12.7. The highest BCUT2D eigenvalue weighted by atomic mass is 127. The van der Waals surface area contributed by atoms with Crippen LogP contribution in [0, 0.1) is 16.6 Å². The number of halogens is 3. The number of hydrogen-bond acceptors (Lipinski definition) is 5. The van der Waals surface area contributed by atoms with Gasteiger partial charge in [-0.1, -0.05) is 26.0 Å². The molecule has 0 aromatic heterocycles. The van der Waals surface area contributed by atoms with Crippen LogP contribution in [0.5, 0.6) is 11.5 Å². The Morgan fingerprint density at radius 2 is 1.62 bits per heavy atom. The molecule has 0 saturated heterocycles. The van der Waals surface area contributed by atoms with Crippen LogP contribution in [-0.2, 0) is 16.1 Å². The molecule has 34 heavy (non-hydrogen) atoms. The average Bonchev–Trinajstić information content (AvgIpc) is 3.29.